The normalized spacial score (nSPS) is 23.8. The number of hydrogen-bond acceptors (Lipinski definition) is 8. The van der Waals surface area contributed by atoms with Crippen molar-refractivity contribution in [2.45, 2.75) is 56.3 Å². The Labute approximate surface area is 230 Å². The van der Waals surface area contributed by atoms with Gasteiger partial charge in [0.1, 0.15) is 27.8 Å². The summed E-state index contributed by atoms with van der Waals surface area (Å²) in [7, 11) is -3.19. The summed E-state index contributed by atoms with van der Waals surface area (Å²) in [5.74, 6) is -0.429. The van der Waals surface area contributed by atoms with Gasteiger partial charge in [-0.2, -0.15) is 9.78 Å². The maximum absolute atomic E-state index is 14.6. The number of rotatable bonds is 6. The second kappa shape index (κ2) is 8.18. The quantitative estimate of drug-likeness (QED) is 0.345. The Balaban J connectivity index is 1.30. The number of nitrogens with zero attached hydrogens (tertiary/aromatic N) is 7. The zero-order valence-electron chi connectivity index (χ0n) is 22.3. The van der Waals surface area contributed by atoms with Gasteiger partial charge in [-0.1, -0.05) is 19.9 Å². The highest BCUT2D eigenvalue weighted by Crippen LogP contribution is 2.69. The summed E-state index contributed by atoms with van der Waals surface area (Å²) in [5, 5.41) is 13.5. The van der Waals surface area contributed by atoms with Crippen molar-refractivity contribution in [2.75, 3.05) is 12.0 Å². The van der Waals surface area contributed by atoms with Crippen LogP contribution in [0, 0.1) is 17.0 Å². The average molecular weight is 564 g/mol. The standard InChI is InChI=1S/C28H27F2N7O2S/c1-26(2)17-7-9-28(26,23-16(17)13-20(34-35-23)22-18(29)5-4-6-19(22)30)21-8-12-31-25(33-21)37-15-32-24(36-37)27(10-11-27)14-40(3,38)39/h4-6,8,12-13,15,17H,7,9-11,14H2,1-3H3/t17-,28+/m0/s1. The van der Waals surface area contributed by atoms with Crippen LogP contribution in [0.1, 0.15) is 68.2 Å². The lowest BCUT2D eigenvalue weighted by atomic mass is 9.66. The Morgan fingerprint density at radius 3 is 2.50 bits per heavy atom. The van der Waals surface area contributed by atoms with E-state index in [-0.39, 0.29) is 28.3 Å². The molecule has 0 amide bonds. The molecule has 2 saturated carbocycles. The number of sulfone groups is 1. The fourth-order valence-electron chi connectivity index (χ4n) is 7.14. The molecule has 3 aromatic heterocycles. The lowest BCUT2D eigenvalue weighted by molar-refractivity contribution is 0.242. The van der Waals surface area contributed by atoms with Crippen LogP contribution in [-0.4, -0.2) is 55.4 Å². The average Bonchev–Trinajstić information content (AvgIpc) is 3.30. The molecule has 3 aliphatic rings. The van der Waals surface area contributed by atoms with Gasteiger partial charge in [0, 0.05) is 17.9 Å². The van der Waals surface area contributed by atoms with Crippen molar-refractivity contribution < 1.29 is 17.2 Å². The van der Waals surface area contributed by atoms with Gasteiger partial charge >= 0.3 is 0 Å². The highest BCUT2D eigenvalue weighted by molar-refractivity contribution is 7.90. The Morgan fingerprint density at radius 2 is 1.80 bits per heavy atom. The minimum Gasteiger partial charge on any atom is -0.229 e. The van der Waals surface area contributed by atoms with Gasteiger partial charge in [-0.05, 0) is 66.8 Å². The maximum Gasteiger partial charge on any atom is 0.252 e. The SMILES string of the molecule is CC1(C)[C@H]2CC[C@@]1(c1ccnc(-n3cnc(C4(CS(C)(=O)=O)CC4)n3)n1)c1nnc(-c3c(F)cccc3F)cc12. The van der Waals surface area contributed by atoms with Gasteiger partial charge in [0.15, 0.2) is 5.82 Å². The molecule has 206 valence electrons. The maximum atomic E-state index is 14.6. The molecule has 2 bridgehead atoms. The fraction of sp³-hybridized carbons (Fsp3) is 0.429. The second-order valence-corrected chi connectivity index (χ2v) is 14.1. The summed E-state index contributed by atoms with van der Waals surface area (Å²) in [4.78, 5) is 13.8. The minimum absolute atomic E-state index is 0.0117. The third kappa shape index (κ3) is 3.50. The summed E-state index contributed by atoms with van der Waals surface area (Å²) >= 11 is 0. The van der Waals surface area contributed by atoms with Crippen LogP contribution in [0.5, 0.6) is 0 Å². The van der Waals surface area contributed by atoms with E-state index in [0.29, 0.717) is 11.8 Å². The predicted octanol–water partition coefficient (Wildman–Crippen LogP) is 4.07. The monoisotopic (exact) mass is 563 g/mol. The van der Waals surface area contributed by atoms with Crippen LogP contribution in [0.25, 0.3) is 17.2 Å². The van der Waals surface area contributed by atoms with Crippen molar-refractivity contribution >= 4 is 9.84 Å². The molecule has 0 spiro atoms. The molecule has 40 heavy (non-hydrogen) atoms. The number of hydrogen-bond donors (Lipinski definition) is 0. The van der Waals surface area contributed by atoms with Crippen molar-refractivity contribution in [1.29, 1.82) is 0 Å². The number of benzene rings is 1. The molecule has 9 nitrogen and oxygen atoms in total. The number of halogens is 2. The van der Waals surface area contributed by atoms with E-state index in [2.05, 4.69) is 39.1 Å². The van der Waals surface area contributed by atoms with Crippen molar-refractivity contribution in [3.05, 3.63) is 77.3 Å². The molecular weight excluding hydrogens is 536 g/mol. The molecule has 0 N–H and O–H groups in total. The smallest absolute Gasteiger partial charge is 0.229 e. The molecule has 2 atom stereocenters. The zero-order chi connectivity index (χ0) is 28.1. The third-order valence-electron chi connectivity index (χ3n) is 9.24. The predicted molar refractivity (Wildman–Crippen MR) is 141 cm³/mol. The van der Waals surface area contributed by atoms with Gasteiger partial charge in [0.25, 0.3) is 5.95 Å². The van der Waals surface area contributed by atoms with Crippen molar-refractivity contribution in [2.24, 2.45) is 5.41 Å². The summed E-state index contributed by atoms with van der Waals surface area (Å²) in [6.45, 7) is 4.35. The van der Waals surface area contributed by atoms with E-state index in [4.69, 9.17) is 4.98 Å². The lowest BCUT2D eigenvalue weighted by Gasteiger charge is -2.37. The summed E-state index contributed by atoms with van der Waals surface area (Å²) in [5.41, 5.74) is 1.02. The molecule has 4 aromatic rings. The van der Waals surface area contributed by atoms with Crippen LogP contribution in [0.15, 0.2) is 42.9 Å². The van der Waals surface area contributed by atoms with E-state index >= 15 is 0 Å². The minimum atomic E-state index is -3.19. The molecule has 0 saturated heterocycles. The van der Waals surface area contributed by atoms with Crippen LogP contribution in [0.2, 0.25) is 0 Å². The lowest BCUT2D eigenvalue weighted by Crippen LogP contribution is -2.38. The fourth-order valence-corrected chi connectivity index (χ4v) is 8.56. The van der Waals surface area contributed by atoms with Crippen LogP contribution >= 0.6 is 0 Å². The molecule has 0 radical (unpaired) electrons. The van der Waals surface area contributed by atoms with E-state index in [1.165, 1.54) is 35.5 Å². The zero-order valence-corrected chi connectivity index (χ0v) is 23.1. The molecule has 3 heterocycles. The van der Waals surface area contributed by atoms with Gasteiger partial charge in [-0.15, -0.1) is 10.2 Å². The Hall–Kier alpha value is -3.67. The van der Waals surface area contributed by atoms with Gasteiger partial charge < -0.3 is 0 Å². The van der Waals surface area contributed by atoms with Crippen molar-refractivity contribution in [1.82, 2.24) is 34.9 Å². The van der Waals surface area contributed by atoms with Crippen LogP contribution in [-0.2, 0) is 20.7 Å². The Morgan fingerprint density at radius 1 is 1.05 bits per heavy atom. The first-order chi connectivity index (χ1) is 19.0. The number of aromatic nitrogens is 7. The van der Waals surface area contributed by atoms with Gasteiger partial charge in [0.2, 0.25) is 0 Å². The topological polar surface area (TPSA) is 116 Å². The Kier molecular flexibility index (Phi) is 5.18. The Bertz CT molecular complexity index is 1780. The number of fused-ring (bicyclic) bond motifs is 5. The molecule has 3 aliphatic carbocycles. The van der Waals surface area contributed by atoms with Crippen LogP contribution in [0.3, 0.4) is 0 Å². The molecular formula is C28H27F2N7O2S. The molecule has 1 aromatic carbocycles. The van der Waals surface area contributed by atoms with E-state index in [9.17, 15) is 17.2 Å². The van der Waals surface area contributed by atoms with Crippen LogP contribution < -0.4 is 0 Å². The largest absolute Gasteiger partial charge is 0.252 e. The van der Waals surface area contributed by atoms with E-state index in [0.717, 1.165) is 42.6 Å². The van der Waals surface area contributed by atoms with Gasteiger partial charge in [-0.3, -0.25) is 0 Å². The summed E-state index contributed by atoms with van der Waals surface area (Å²) in [6.07, 6.45) is 7.52. The first-order valence-electron chi connectivity index (χ1n) is 13.2. The molecule has 2 fully saturated rings. The highest BCUT2D eigenvalue weighted by Gasteiger charge is 2.65. The highest BCUT2D eigenvalue weighted by atomic mass is 32.2. The first kappa shape index (κ1) is 25.3. The summed E-state index contributed by atoms with van der Waals surface area (Å²) < 4.78 is 54.5. The van der Waals surface area contributed by atoms with Crippen molar-refractivity contribution in [3.63, 3.8) is 0 Å². The van der Waals surface area contributed by atoms with Crippen molar-refractivity contribution in [3.8, 4) is 17.2 Å². The molecule has 0 aliphatic heterocycles. The molecule has 12 heteroatoms. The van der Waals surface area contributed by atoms with E-state index in [1.54, 1.807) is 12.3 Å². The molecule has 0 unspecified atom stereocenters. The second-order valence-electron chi connectivity index (χ2n) is 12.0. The van der Waals surface area contributed by atoms with Gasteiger partial charge in [0.05, 0.1) is 33.8 Å². The third-order valence-corrected chi connectivity index (χ3v) is 10.3. The first-order valence-corrected chi connectivity index (χ1v) is 15.3. The van der Waals surface area contributed by atoms with Gasteiger partial charge in [-0.25, -0.2) is 32.2 Å². The summed E-state index contributed by atoms with van der Waals surface area (Å²) in [6, 6.07) is 7.42. The van der Waals surface area contributed by atoms with E-state index < -0.39 is 32.3 Å². The van der Waals surface area contributed by atoms with E-state index in [1.807, 2.05) is 6.07 Å². The molecule has 7 rings (SSSR count). The van der Waals surface area contributed by atoms with Crippen LogP contribution in [0.4, 0.5) is 8.78 Å².